The minimum atomic E-state index is -0.296. The zero-order valence-corrected chi connectivity index (χ0v) is 12.3. The number of nitrogens with one attached hydrogen (secondary N) is 1. The van der Waals surface area contributed by atoms with E-state index in [-0.39, 0.29) is 5.82 Å². The molecule has 3 N–H and O–H groups in total. The van der Waals surface area contributed by atoms with Crippen LogP contribution in [0.5, 0.6) is 0 Å². The highest BCUT2D eigenvalue weighted by molar-refractivity contribution is 7.80. The second kappa shape index (κ2) is 5.77. The second-order valence-electron chi connectivity index (χ2n) is 5.20. The first-order chi connectivity index (χ1) is 10.1. The summed E-state index contributed by atoms with van der Waals surface area (Å²) >= 11 is 5.12. The highest BCUT2D eigenvalue weighted by Gasteiger charge is 2.16. The molecule has 1 aliphatic rings. The van der Waals surface area contributed by atoms with Crippen molar-refractivity contribution in [1.82, 2.24) is 4.98 Å². The van der Waals surface area contributed by atoms with E-state index >= 15 is 0 Å². The van der Waals surface area contributed by atoms with E-state index in [0.717, 1.165) is 30.5 Å². The number of thiocarbonyl (C=S) groups is 1. The van der Waals surface area contributed by atoms with Crippen molar-refractivity contribution in [3.63, 3.8) is 0 Å². The smallest absolute Gasteiger partial charge is 0.140 e. The summed E-state index contributed by atoms with van der Waals surface area (Å²) in [6.45, 7) is 0. The number of hydrogen-bond donors (Lipinski definition) is 2. The summed E-state index contributed by atoms with van der Waals surface area (Å²) in [5.74, 6) is 0.309. The monoisotopic (exact) mass is 301 g/mol. The van der Waals surface area contributed by atoms with Gasteiger partial charge in [-0.1, -0.05) is 18.3 Å². The molecule has 108 valence electrons. The van der Waals surface area contributed by atoms with Crippen LogP contribution in [0.4, 0.5) is 15.9 Å². The number of nitrogens with zero attached hydrogens (tertiary/aromatic N) is 1. The third-order valence-corrected chi connectivity index (χ3v) is 3.87. The number of nitrogens with two attached hydrogens (primary N) is 1. The Morgan fingerprint density at radius 3 is 2.81 bits per heavy atom. The fourth-order valence-electron chi connectivity index (χ4n) is 2.62. The quantitative estimate of drug-likeness (QED) is 0.852. The lowest BCUT2D eigenvalue weighted by atomic mass is 9.94. The van der Waals surface area contributed by atoms with E-state index in [4.69, 9.17) is 18.0 Å². The molecule has 0 bridgehead atoms. The summed E-state index contributed by atoms with van der Waals surface area (Å²) in [6, 6.07) is 8.28. The Hall–Kier alpha value is -2.01. The lowest BCUT2D eigenvalue weighted by molar-refractivity contribution is 0.628. The Morgan fingerprint density at radius 1 is 1.24 bits per heavy atom. The molecule has 3 nitrogen and oxygen atoms in total. The van der Waals surface area contributed by atoms with Crippen molar-refractivity contribution in [3.05, 3.63) is 53.0 Å². The van der Waals surface area contributed by atoms with Gasteiger partial charge in [0.15, 0.2) is 0 Å². The van der Waals surface area contributed by atoms with Crippen molar-refractivity contribution in [3.8, 4) is 0 Å². The number of halogens is 1. The minimum Gasteiger partial charge on any atom is -0.389 e. The number of aromatic nitrogens is 1. The zero-order chi connectivity index (χ0) is 14.8. The highest BCUT2D eigenvalue weighted by Crippen LogP contribution is 2.26. The van der Waals surface area contributed by atoms with Crippen molar-refractivity contribution in [1.29, 1.82) is 0 Å². The maximum absolute atomic E-state index is 13.3. The van der Waals surface area contributed by atoms with Gasteiger partial charge in [-0.15, -0.1) is 0 Å². The molecular weight excluding hydrogens is 285 g/mol. The predicted molar refractivity (Wildman–Crippen MR) is 86.4 cm³/mol. The first-order valence-corrected chi connectivity index (χ1v) is 7.39. The van der Waals surface area contributed by atoms with Gasteiger partial charge in [0.25, 0.3) is 0 Å². The molecule has 1 aliphatic carbocycles. The average molecular weight is 301 g/mol. The van der Waals surface area contributed by atoms with E-state index in [2.05, 4.69) is 10.3 Å². The molecule has 0 amide bonds. The summed E-state index contributed by atoms with van der Waals surface area (Å²) in [5.41, 5.74) is 9.46. The lowest BCUT2D eigenvalue weighted by Crippen LogP contribution is -2.16. The third kappa shape index (κ3) is 3.03. The van der Waals surface area contributed by atoms with Gasteiger partial charge < -0.3 is 11.1 Å². The van der Waals surface area contributed by atoms with Gasteiger partial charge in [0.05, 0.1) is 5.56 Å². The molecule has 0 atom stereocenters. The van der Waals surface area contributed by atoms with Crippen molar-refractivity contribution in [2.24, 2.45) is 5.73 Å². The van der Waals surface area contributed by atoms with Crippen LogP contribution in [0.3, 0.4) is 0 Å². The first-order valence-electron chi connectivity index (χ1n) is 6.98. The van der Waals surface area contributed by atoms with E-state index in [1.54, 1.807) is 12.1 Å². The number of fused-ring (bicyclic) bond motifs is 1. The molecule has 0 saturated heterocycles. The molecule has 1 heterocycles. The Kier molecular flexibility index (Phi) is 3.84. The van der Waals surface area contributed by atoms with Crippen molar-refractivity contribution in [2.75, 3.05) is 5.32 Å². The molecule has 1 aromatic heterocycles. The van der Waals surface area contributed by atoms with Gasteiger partial charge in [-0.05, 0) is 55.5 Å². The molecule has 5 heteroatoms. The Bertz CT molecular complexity index is 700. The maximum Gasteiger partial charge on any atom is 0.140 e. The van der Waals surface area contributed by atoms with E-state index in [0.29, 0.717) is 16.5 Å². The van der Waals surface area contributed by atoms with Crippen LogP contribution in [0.1, 0.15) is 29.7 Å². The molecule has 0 fully saturated rings. The number of rotatable bonds is 3. The fourth-order valence-corrected chi connectivity index (χ4v) is 2.78. The number of anilines is 2. The lowest BCUT2D eigenvalue weighted by Gasteiger charge is -2.19. The van der Waals surface area contributed by atoms with Crippen LogP contribution >= 0.6 is 12.2 Å². The number of benzene rings is 1. The maximum atomic E-state index is 13.3. The number of aryl methyl sites for hydroxylation is 2. The predicted octanol–water partition coefficient (Wildman–Crippen LogP) is 3.48. The molecule has 0 spiro atoms. The standard InChI is InChI=1S/C16H16FN3S/c17-11-5-3-6-12(9-11)19-16-13(15(18)21)8-10-4-1-2-7-14(10)20-16/h3,5-6,8-9H,1-2,4,7H2,(H2,18,21)(H,19,20). The van der Waals surface area contributed by atoms with Gasteiger partial charge in [-0.3, -0.25) is 0 Å². The van der Waals surface area contributed by atoms with Gasteiger partial charge in [-0.25, -0.2) is 9.37 Å². The largest absolute Gasteiger partial charge is 0.389 e. The van der Waals surface area contributed by atoms with Gasteiger partial charge in [0, 0.05) is 11.4 Å². The number of pyridine rings is 1. The molecule has 2 aromatic rings. The van der Waals surface area contributed by atoms with Gasteiger partial charge in [0.2, 0.25) is 0 Å². The fraction of sp³-hybridized carbons (Fsp3) is 0.250. The molecular formula is C16H16FN3S. The summed E-state index contributed by atoms with van der Waals surface area (Å²) in [4.78, 5) is 4.96. The van der Waals surface area contributed by atoms with Gasteiger partial charge in [0.1, 0.15) is 16.6 Å². The molecule has 3 rings (SSSR count). The molecule has 1 aromatic carbocycles. The van der Waals surface area contributed by atoms with Crippen molar-refractivity contribution >= 4 is 28.7 Å². The van der Waals surface area contributed by atoms with Crippen LogP contribution in [0.15, 0.2) is 30.3 Å². The SMILES string of the molecule is NC(=S)c1cc2c(nc1Nc1cccc(F)c1)CCCC2. The summed E-state index contributed by atoms with van der Waals surface area (Å²) in [7, 11) is 0. The summed E-state index contributed by atoms with van der Waals surface area (Å²) in [5, 5.41) is 3.13. The van der Waals surface area contributed by atoms with Gasteiger partial charge in [-0.2, -0.15) is 0 Å². The third-order valence-electron chi connectivity index (χ3n) is 3.65. The van der Waals surface area contributed by atoms with E-state index in [1.165, 1.54) is 24.1 Å². The summed E-state index contributed by atoms with van der Waals surface area (Å²) in [6.07, 6.45) is 4.29. The van der Waals surface area contributed by atoms with Crippen LogP contribution in [-0.4, -0.2) is 9.97 Å². The number of hydrogen-bond acceptors (Lipinski definition) is 3. The topological polar surface area (TPSA) is 50.9 Å². The Balaban J connectivity index is 2.01. The Morgan fingerprint density at radius 2 is 2.05 bits per heavy atom. The van der Waals surface area contributed by atoms with Crippen LogP contribution < -0.4 is 11.1 Å². The van der Waals surface area contributed by atoms with Crippen LogP contribution in [0, 0.1) is 5.82 Å². The molecule has 0 aliphatic heterocycles. The normalized spacial score (nSPS) is 13.6. The molecule has 21 heavy (non-hydrogen) atoms. The van der Waals surface area contributed by atoms with Crippen molar-refractivity contribution < 1.29 is 4.39 Å². The Labute approximate surface area is 128 Å². The van der Waals surface area contributed by atoms with Crippen LogP contribution in [-0.2, 0) is 12.8 Å². The zero-order valence-electron chi connectivity index (χ0n) is 11.5. The second-order valence-corrected chi connectivity index (χ2v) is 5.64. The molecule has 0 unspecified atom stereocenters. The average Bonchev–Trinajstić information content (AvgIpc) is 2.46. The molecule has 0 radical (unpaired) electrons. The molecule has 0 saturated carbocycles. The van der Waals surface area contributed by atoms with E-state index in [9.17, 15) is 4.39 Å². The minimum absolute atomic E-state index is 0.296. The highest BCUT2D eigenvalue weighted by atomic mass is 32.1. The van der Waals surface area contributed by atoms with E-state index in [1.807, 2.05) is 6.07 Å². The first kappa shape index (κ1) is 13.9. The van der Waals surface area contributed by atoms with Crippen molar-refractivity contribution in [2.45, 2.75) is 25.7 Å². The van der Waals surface area contributed by atoms with Crippen LogP contribution in [0.2, 0.25) is 0 Å². The van der Waals surface area contributed by atoms with E-state index < -0.39 is 0 Å². The van der Waals surface area contributed by atoms with Gasteiger partial charge >= 0.3 is 0 Å². The van der Waals surface area contributed by atoms with Crippen LogP contribution in [0.25, 0.3) is 0 Å². The summed E-state index contributed by atoms with van der Waals surface area (Å²) < 4.78 is 13.3.